The third-order valence-electron chi connectivity index (χ3n) is 24.5. The van der Waals surface area contributed by atoms with Crippen molar-refractivity contribution in [1.29, 1.82) is 0 Å². The Morgan fingerprint density at radius 2 is 0.578 bits per heavy atom. The fourth-order valence-electron chi connectivity index (χ4n) is 16.7. The van der Waals surface area contributed by atoms with E-state index in [1.165, 1.54) is 38.3 Å². The van der Waals surface area contributed by atoms with Crippen molar-refractivity contribution in [3.05, 3.63) is 161 Å². The highest BCUT2D eigenvalue weighted by Gasteiger charge is 2.59. The summed E-state index contributed by atoms with van der Waals surface area (Å²) in [7, 11) is -8.33. The number of sulfonamides is 3. The number of hydrogen-bond donors (Lipinski definition) is 7. The number of thioether (sulfide) groups is 3. The molecule has 0 fully saturated rings. The predicted molar refractivity (Wildman–Crippen MR) is 527 cm³/mol. The predicted octanol–water partition coefficient (Wildman–Crippen LogP) is 29.0. The Kier molecular flexibility index (Phi) is 51.7. The first-order valence-corrected chi connectivity index (χ1v) is 56.6. The maximum Gasteiger partial charge on any atom is 0.453 e. The molecule has 0 aromatic heterocycles. The summed E-state index contributed by atoms with van der Waals surface area (Å²) in [5.41, 5.74) is 7.17. The van der Waals surface area contributed by atoms with Crippen molar-refractivity contribution in [2.45, 2.75) is 298 Å². The zero-order chi connectivity index (χ0) is 101. The van der Waals surface area contributed by atoms with Gasteiger partial charge in [-0.1, -0.05) is 191 Å². The summed E-state index contributed by atoms with van der Waals surface area (Å²) < 4.78 is 277. The summed E-state index contributed by atoms with van der Waals surface area (Å²) >= 11 is 24.2. The van der Waals surface area contributed by atoms with Crippen LogP contribution in [0.5, 0.6) is 34.5 Å². The molecule has 0 spiro atoms. The number of phenols is 4. The highest BCUT2D eigenvalue weighted by molar-refractivity contribution is 9.69. The van der Waals surface area contributed by atoms with Crippen LogP contribution in [-0.4, -0.2) is 159 Å². The molecule has 135 heavy (non-hydrogen) atoms. The van der Waals surface area contributed by atoms with E-state index >= 15 is 0 Å². The first kappa shape index (κ1) is 121. The molecular weight excluding hydrogens is 2150 g/mol. The fraction of sp³-hybridized carbons (Fsp3) is 0.613. The van der Waals surface area contributed by atoms with E-state index in [-0.39, 0.29) is 79.2 Å². The molecule has 3 aliphatic heterocycles. The first-order valence-electron chi connectivity index (χ1n) is 44.9. The Labute approximate surface area is 834 Å². The van der Waals surface area contributed by atoms with Crippen molar-refractivity contribution in [3.63, 3.8) is 0 Å². The van der Waals surface area contributed by atoms with Gasteiger partial charge in [0, 0.05) is 87.1 Å². The standard InChI is InChI=1S/C32H44F5NO4S2.2C30H40F5NO4S2.CH2Cl2.BBr3/c1-30(24-13-15-25(41-2)16-14-24)23-43-29-22-26(42-3)17-18-27(29)28(30)12-9-7-5-4-6-8-10-20-38-44(39,40)21-11-19-31(33,34)32(35,36)37;2*1-28(22-11-13-23(37)14-12-22)21-41-27-20-24(38)15-16-25(27)26(28)10-7-5-3-2-4-6-8-18-36-42(39,40)19-9-17-29(31,32)30(33,34)35;2-1-3;2-1(3)4/h13-18,22,28,38H,4-12,19-21,23H2,1-3H3;2*11-16,20,26,36-38H,2-10,17-19,21H2,1H3;1H2;/t;26-,28+;26-,28-;;/m.11../s1. The lowest BCUT2D eigenvalue weighted by molar-refractivity contribution is -0.284. The van der Waals surface area contributed by atoms with E-state index in [0.29, 0.717) is 25.2 Å². The lowest BCUT2D eigenvalue weighted by Crippen LogP contribution is -2.37. The lowest BCUT2D eigenvalue weighted by atomic mass is 9.68. The Balaban J connectivity index is 0.000000345. The second-order valence-electron chi connectivity index (χ2n) is 34.6. The topological polar surface area (TPSA) is 238 Å². The van der Waals surface area contributed by atoms with Crippen molar-refractivity contribution >= 4 is 139 Å². The number of fused-ring (bicyclic) bond motifs is 3. The van der Waals surface area contributed by atoms with Gasteiger partial charge in [0.2, 0.25) is 30.1 Å². The maximum atomic E-state index is 13.0. The molecule has 764 valence electrons. The summed E-state index contributed by atoms with van der Waals surface area (Å²) in [4.78, 5) is 3.48. The SMILES string of the molecule is BrB(Br)Br.COc1ccc(C2(C)CSc3cc(OC)ccc3C2CCCCCCCCCNS(=O)(=O)CCCC(F)(F)C(F)(F)F)cc1.C[C@@]1(c2ccc(O)cc2)CSc2cc(O)ccc2[C@H]1CCCCCCCCCNS(=O)(=O)CCCC(F)(F)C(F)(F)F.C[C@]1(c2ccc(O)cc2)CSc2cc(O)ccc2[C@H]1CCCCCCCCCNS(=O)(=O)CCCC(F)(F)C(F)(F)F.ClCCl. The summed E-state index contributed by atoms with van der Waals surface area (Å²) in [6.07, 6.45) is -1.74. The number of phenolic OH excluding ortho intramolecular Hbond substituents is 4. The molecule has 0 bridgehead atoms. The van der Waals surface area contributed by atoms with Crippen molar-refractivity contribution in [2.24, 2.45) is 0 Å². The molecule has 0 saturated carbocycles. The van der Waals surface area contributed by atoms with Crippen LogP contribution >= 0.6 is 106 Å². The molecule has 7 N–H and O–H groups in total. The average Bonchev–Trinajstić information content (AvgIpc) is 0.758. The van der Waals surface area contributed by atoms with Crippen molar-refractivity contribution in [1.82, 2.24) is 14.2 Å². The number of benzene rings is 6. The van der Waals surface area contributed by atoms with Gasteiger partial charge >= 0.3 is 39.5 Å². The number of unbranched alkanes of at least 4 members (excludes halogenated alkanes) is 18. The second kappa shape index (κ2) is 57.4. The van der Waals surface area contributed by atoms with Crippen LogP contribution in [0.2, 0.25) is 0 Å². The Morgan fingerprint density at radius 1 is 0.356 bits per heavy atom. The van der Waals surface area contributed by atoms with Gasteiger partial charge in [-0.05, 0) is 182 Å². The van der Waals surface area contributed by atoms with E-state index < -0.39 is 122 Å². The smallest absolute Gasteiger partial charge is 0.453 e. The molecule has 6 atom stereocenters. The third-order valence-corrected chi connectivity index (χ3v) is 33.1. The summed E-state index contributed by atoms with van der Waals surface area (Å²) in [5.74, 6) is -10.7. The van der Waals surface area contributed by atoms with E-state index in [2.05, 4.69) is 106 Å². The summed E-state index contributed by atoms with van der Waals surface area (Å²) in [5, 5.41) is 39.7. The van der Waals surface area contributed by atoms with Crippen LogP contribution in [0.4, 0.5) is 65.9 Å². The van der Waals surface area contributed by atoms with Gasteiger partial charge in [0.05, 0.1) is 36.8 Å². The van der Waals surface area contributed by atoms with Crippen LogP contribution in [0, 0.1) is 0 Å². The minimum absolute atomic E-state index is 0.0366. The van der Waals surface area contributed by atoms with Gasteiger partial charge in [0.15, 0.2) is 0 Å². The highest BCUT2D eigenvalue weighted by atomic mass is 79.9. The maximum absolute atomic E-state index is 13.0. The number of ether oxygens (including phenoxy) is 2. The van der Waals surface area contributed by atoms with Gasteiger partial charge in [-0.2, -0.15) is 65.9 Å². The molecule has 0 radical (unpaired) electrons. The minimum Gasteiger partial charge on any atom is -0.508 e. The molecule has 0 saturated heterocycles. The average molecular weight is 2280 g/mol. The van der Waals surface area contributed by atoms with Crippen molar-refractivity contribution in [2.75, 3.05) is 73.7 Å². The minimum atomic E-state index is -5.68. The van der Waals surface area contributed by atoms with Crippen LogP contribution in [0.3, 0.4) is 0 Å². The van der Waals surface area contributed by atoms with Crippen LogP contribution in [0.15, 0.2) is 142 Å². The van der Waals surface area contributed by atoms with Gasteiger partial charge in [0.1, 0.15) is 34.5 Å². The van der Waals surface area contributed by atoms with Gasteiger partial charge in [0.25, 0.3) is 0 Å². The molecule has 3 aliphatic rings. The molecule has 6 aromatic carbocycles. The van der Waals surface area contributed by atoms with Gasteiger partial charge in [-0.3, -0.25) is 0 Å². The molecule has 42 heteroatoms. The normalized spacial score (nSPS) is 18.7. The summed E-state index contributed by atoms with van der Waals surface area (Å²) in [6, 6.07) is 40.8. The van der Waals surface area contributed by atoms with E-state index in [9.17, 15) is 112 Å². The zero-order valence-corrected chi connectivity index (χ0v) is 87.5. The van der Waals surface area contributed by atoms with E-state index in [1.54, 1.807) is 74.1 Å². The number of aromatic hydroxyl groups is 4. The van der Waals surface area contributed by atoms with Gasteiger partial charge < -0.3 is 29.9 Å². The Hall–Kier alpha value is -4.07. The largest absolute Gasteiger partial charge is 0.508 e. The van der Waals surface area contributed by atoms with Crippen LogP contribution in [-0.2, 0) is 46.3 Å². The molecule has 9 rings (SSSR count). The first-order chi connectivity index (χ1) is 63.2. The number of nitrogens with one attached hydrogen (secondary N) is 3. The molecular formula is C93H126BBr3Cl2F15N3O12S6. The molecule has 15 nitrogen and oxygen atoms in total. The lowest BCUT2D eigenvalue weighted by Gasteiger charge is -2.43. The molecule has 0 amide bonds. The van der Waals surface area contributed by atoms with Gasteiger partial charge in [-0.25, -0.2) is 39.4 Å². The second-order valence-corrected chi connectivity index (χ2v) is 50.7. The van der Waals surface area contributed by atoms with Crippen LogP contribution in [0.25, 0.3) is 0 Å². The molecule has 3 heterocycles. The van der Waals surface area contributed by atoms with Crippen molar-refractivity contribution < 1.29 is 121 Å². The van der Waals surface area contributed by atoms with E-state index in [4.69, 9.17) is 32.7 Å². The molecule has 6 aromatic rings. The number of halogens is 20. The quantitative estimate of drug-likeness (QED) is 0.00814. The fourth-order valence-corrected chi connectivity index (χ4v) is 24.3. The van der Waals surface area contributed by atoms with Crippen molar-refractivity contribution in [3.8, 4) is 34.5 Å². The number of rotatable bonds is 50. The third kappa shape index (κ3) is 40.9. The van der Waals surface area contributed by atoms with Crippen LogP contribution < -0.4 is 23.6 Å². The van der Waals surface area contributed by atoms with E-state index in [1.807, 2.05) is 78.5 Å². The number of hydrogen-bond acceptors (Lipinski definition) is 15. The monoisotopic (exact) mass is 2270 g/mol. The molecule has 0 aliphatic carbocycles. The van der Waals surface area contributed by atoms with Crippen LogP contribution in [0.1, 0.15) is 265 Å². The zero-order valence-electron chi connectivity index (χ0n) is 76.3. The molecule has 2 unspecified atom stereocenters. The summed E-state index contributed by atoms with van der Waals surface area (Å²) in [6.45, 7) is 7.28. The van der Waals surface area contributed by atoms with Gasteiger partial charge in [-0.15, -0.1) is 106 Å². The number of alkyl halides is 17. The highest BCUT2D eigenvalue weighted by Crippen LogP contribution is 2.57. The number of methoxy groups -OCH3 is 2. The van der Waals surface area contributed by atoms with E-state index in [0.717, 1.165) is 173 Å². The Morgan fingerprint density at radius 3 is 0.837 bits per heavy atom. The Bertz CT molecular complexity index is 4650.